The molecule has 2 fully saturated rings. The molecule has 0 spiro atoms. The van der Waals surface area contributed by atoms with Gasteiger partial charge in [-0.1, -0.05) is 18.2 Å². The van der Waals surface area contributed by atoms with Crippen molar-refractivity contribution in [3.8, 4) is 0 Å². The number of aromatic nitrogens is 3. The molecule has 150 valence electrons. The van der Waals surface area contributed by atoms with Crippen molar-refractivity contribution in [1.29, 1.82) is 0 Å². The number of para-hydroxylation sites is 1. The number of benzene rings is 1. The minimum Gasteiger partial charge on any atom is -0.268 e. The molecule has 1 aromatic carbocycles. The Kier molecular flexibility index (Phi) is 4.48. The van der Waals surface area contributed by atoms with Crippen LogP contribution in [0.2, 0.25) is 0 Å². The number of rotatable bonds is 5. The van der Waals surface area contributed by atoms with E-state index in [0.717, 1.165) is 30.3 Å². The number of fused-ring (bicyclic) bond motifs is 1. The average molecular weight is 410 g/mol. The molecule has 2 aromatic heterocycles. The van der Waals surface area contributed by atoms with Gasteiger partial charge in [0, 0.05) is 36.2 Å². The molecule has 8 heteroatoms. The number of sulfonamides is 1. The first kappa shape index (κ1) is 18.4. The fourth-order valence-electron chi connectivity index (χ4n) is 4.11. The van der Waals surface area contributed by atoms with Crippen molar-refractivity contribution in [2.45, 2.75) is 49.1 Å². The van der Waals surface area contributed by atoms with E-state index < -0.39 is 10.0 Å². The second-order valence-electron chi connectivity index (χ2n) is 7.80. The van der Waals surface area contributed by atoms with Crippen molar-refractivity contribution in [2.75, 3.05) is 6.54 Å². The standard InChI is InChI=1S/C21H22N4O3S/c26-20-11-10-18(15-8-9-15)23-24(20)14-17-6-3-13-25(17)29(27,28)19-7-1-4-16-5-2-12-22-21(16)19/h1-2,4-5,7,10-12,15,17H,3,6,8-9,13-14H2. The average Bonchev–Trinajstić information content (AvgIpc) is 3.47. The summed E-state index contributed by atoms with van der Waals surface area (Å²) in [6.07, 6.45) is 5.28. The van der Waals surface area contributed by atoms with Gasteiger partial charge in [0.1, 0.15) is 4.90 Å². The van der Waals surface area contributed by atoms with Crippen LogP contribution in [0, 0.1) is 0 Å². The Balaban J connectivity index is 1.49. The van der Waals surface area contributed by atoms with Gasteiger partial charge in [-0.3, -0.25) is 9.78 Å². The smallest absolute Gasteiger partial charge is 0.266 e. The van der Waals surface area contributed by atoms with Crippen molar-refractivity contribution < 1.29 is 8.42 Å². The van der Waals surface area contributed by atoms with Crippen LogP contribution in [-0.2, 0) is 16.6 Å². The first-order chi connectivity index (χ1) is 14.0. The summed E-state index contributed by atoms with van der Waals surface area (Å²) in [5.74, 6) is 0.437. The van der Waals surface area contributed by atoms with Crippen LogP contribution in [0.15, 0.2) is 58.4 Å². The van der Waals surface area contributed by atoms with Gasteiger partial charge in [0.05, 0.1) is 17.8 Å². The molecule has 0 radical (unpaired) electrons. The third kappa shape index (κ3) is 3.36. The lowest BCUT2D eigenvalue weighted by Crippen LogP contribution is -2.40. The summed E-state index contributed by atoms with van der Waals surface area (Å²) < 4.78 is 30.0. The molecule has 3 aromatic rings. The van der Waals surface area contributed by atoms with Gasteiger partial charge in [-0.15, -0.1) is 0 Å². The molecule has 1 atom stereocenters. The molecule has 5 rings (SSSR count). The molecular formula is C21H22N4O3S. The maximum absolute atomic E-state index is 13.5. The van der Waals surface area contributed by atoms with E-state index in [4.69, 9.17) is 0 Å². The predicted octanol–water partition coefficient (Wildman–Crippen LogP) is 2.52. The van der Waals surface area contributed by atoms with Crippen LogP contribution >= 0.6 is 0 Å². The Hall–Kier alpha value is -2.58. The summed E-state index contributed by atoms with van der Waals surface area (Å²) in [7, 11) is -3.73. The highest BCUT2D eigenvalue weighted by Crippen LogP contribution is 2.38. The number of hydrogen-bond acceptors (Lipinski definition) is 5. The van der Waals surface area contributed by atoms with Gasteiger partial charge in [0.15, 0.2) is 0 Å². The van der Waals surface area contributed by atoms with Crippen molar-refractivity contribution in [1.82, 2.24) is 19.1 Å². The maximum Gasteiger partial charge on any atom is 0.266 e. The van der Waals surface area contributed by atoms with Crippen molar-refractivity contribution in [2.24, 2.45) is 0 Å². The first-order valence-electron chi connectivity index (χ1n) is 9.98. The van der Waals surface area contributed by atoms with Crippen LogP contribution in [0.25, 0.3) is 10.9 Å². The largest absolute Gasteiger partial charge is 0.268 e. The lowest BCUT2D eigenvalue weighted by molar-refractivity contribution is 0.334. The first-order valence-corrected chi connectivity index (χ1v) is 11.4. The van der Waals surface area contributed by atoms with Crippen molar-refractivity contribution >= 4 is 20.9 Å². The second kappa shape index (κ2) is 7.03. The van der Waals surface area contributed by atoms with E-state index in [2.05, 4.69) is 10.1 Å². The normalized spacial score (nSPS) is 20.3. The molecular weight excluding hydrogens is 388 g/mol. The quantitative estimate of drug-likeness (QED) is 0.645. The molecule has 0 bridgehead atoms. The number of nitrogens with zero attached hydrogens (tertiary/aromatic N) is 4. The summed E-state index contributed by atoms with van der Waals surface area (Å²) in [4.78, 5) is 16.8. The van der Waals surface area contributed by atoms with E-state index in [9.17, 15) is 13.2 Å². The van der Waals surface area contributed by atoms with Crippen LogP contribution in [0.1, 0.15) is 37.3 Å². The minimum absolute atomic E-state index is 0.189. The molecule has 0 N–H and O–H groups in total. The highest BCUT2D eigenvalue weighted by Gasteiger charge is 2.37. The Morgan fingerprint density at radius 2 is 1.86 bits per heavy atom. The highest BCUT2D eigenvalue weighted by atomic mass is 32.2. The van der Waals surface area contributed by atoms with E-state index in [1.807, 2.05) is 12.1 Å². The molecule has 1 saturated carbocycles. The molecule has 3 heterocycles. The summed E-state index contributed by atoms with van der Waals surface area (Å²) in [6, 6.07) is 11.9. The van der Waals surface area contributed by atoms with E-state index in [1.54, 1.807) is 36.5 Å². The molecule has 1 aliphatic carbocycles. The Morgan fingerprint density at radius 3 is 2.69 bits per heavy atom. The Morgan fingerprint density at radius 1 is 1.03 bits per heavy atom. The molecule has 1 aliphatic heterocycles. The minimum atomic E-state index is -3.73. The Labute approximate surface area is 169 Å². The third-order valence-electron chi connectivity index (χ3n) is 5.77. The zero-order chi connectivity index (χ0) is 20.0. The molecule has 29 heavy (non-hydrogen) atoms. The van der Waals surface area contributed by atoms with Gasteiger partial charge in [0.2, 0.25) is 10.0 Å². The molecule has 0 amide bonds. The Bertz CT molecular complexity index is 1230. The van der Waals surface area contributed by atoms with Gasteiger partial charge >= 0.3 is 0 Å². The van der Waals surface area contributed by atoms with Crippen molar-refractivity contribution in [3.05, 3.63) is 64.7 Å². The molecule has 7 nitrogen and oxygen atoms in total. The highest BCUT2D eigenvalue weighted by molar-refractivity contribution is 7.89. The van der Waals surface area contributed by atoms with Gasteiger partial charge in [-0.25, -0.2) is 13.1 Å². The fraction of sp³-hybridized carbons (Fsp3) is 0.381. The zero-order valence-corrected chi connectivity index (χ0v) is 16.8. The maximum atomic E-state index is 13.5. The third-order valence-corrected chi connectivity index (χ3v) is 7.76. The number of pyridine rings is 1. The van der Waals surface area contributed by atoms with E-state index in [1.165, 1.54) is 8.99 Å². The van der Waals surface area contributed by atoms with Gasteiger partial charge < -0.3 is 0 Å². The van der Waals surface area contributed by atoms with Gasteiger partial charge in [-0.05, 0) is 43.9 Å². The van der Waals surface area contributed by atoms with Crippen LogP contribution < -0.4 is 5.56 Å². The lowest BCUT2D eigenvalue weighted by Gasteiger charge is -2.24. The van der Waals surface area contributed by atoms with Crippen LogP contribution in [-0.4, -0.2) is 40.1 Å². The molecule has 2 aliphatic rings. The summed E-state index contributed by atoms with van der Waals surface area (Å²) in [6.45, 7) is 0.712. The fourth-order valence-corrected chi connectivity index (χ4v) is 5.96. The van der Waals surface area contributed by atoms with Crippen LogP contribution in [0.3, 0.4) is 0 Å². The van der Waals surface area contributed by atoms with E-state index >= 15 is 0 Å². The molecule has 1 saturated heterocycles. The van der Waals surface area contributed by atoms with Gasteiger partial charge in [0.25, 0.3) is 5.56 Å². The summed E-state index contributed by atoms with van der Waals surface area (Å²) >= 11 is 0. The van der Waals surface area contributed by atoms with Crippen LogP contribution in [0.5, 0.6) is 0 Å². The topological polar surface area (TPSA) is 85.2 Å². The van der Waals surface area contributed by atoms with E-state index in [0.29, 0.717) is 24.4 Å². The monoisotopic (exact) mass is 410 g/mol. The predicted molar refractivity (Wildman–Crippen MR) is 109 cm³/mol. The molecule has 1 unspecified atom stereocenters. The SMILES string of the molecule is O=c1ccc(C2CC2)nn1CC1CCCN1S(=O)(=O)c1cccc2cccnc12. The van der Waals surface area contributed by atoms with Crippen molar-refractivity contribution in [3.63, 3.8) is 0 Å². The lowest BCUT2D eigenvalue weighted by atomic mass is 10.2. The van der Waals surface area contributed by atoms with Crippen LogP contribution in [0.4, 0.5) is 0 Å². The zero-order valence-electron chi connectivity index (χ0n) is 15.9. The number of hydrogen-bond donors (Lipinski definition) is 0. The van der Waals surface area contributed by atoms with Gasteiger partial charge in [-0.2, -0.15) is 9.40 Å². The summed E-state index contributed by atoms with van der Waals surface area (Å²) in [5, 5.41) is 5.30. The van der Waals surface area contributed by atoms with E-state index in [-0.39, 0.29) is 23.0 Å². The second-order valence-corrected chi connectivity index (χ2v) is 9.65. The summed E-state index contributed by atoms with van der Waals surface area (Å²) in [5.41, 5.74) is 1.22.